The Morgan fingerprint density at radius 2 is 1.65 bits per heavy atom. The van der Waals surface area contributed by atoms with Crippen LogP contribution in [-0.2, 0) is 3.79 Å². The lowest BCUT2D eigenvalue weighted by Crippen LogP contribution is -2.29. The minimum Gasteiger partial charge on any atom is -0.498 e. The van der Waals surface area contributed by atoms with Gasteiger partial charge in [-0.3, -0.25) is 0 Å². The first-order valence-corrected chi connectivity index (χ1v) is 11.9. The zero-order valence-electron chi connectivity index (χ0n) is 12.7. The summed E-state index contributed by atoms with van der Waals surface area (Å²) in [6.07, 6.45) is 4.61. The van der Waals surface area contributed by atoms with E-state index in [4.69, 9.17) is 3.79 Å². The molecule has 0 aliphatic carbocycles. The molecule has 1 heterocycles. The summed E-state index contributed by atoms with van der Waals surface area (Å²) in [5.41, 5.74) is 0. The van der Waals surface area contributed by atoms with Crippen LogP contribution in [0.25, 0.3) is 0 Å². The van der Waals surface area contributed by atoms with Crippen molar-refractivity contribution in [2.75, 3.05) is 0 Å². The zero-order chi connectivity index (χ0) is 13.1. The first-order chi connectivity index (χ1) is 8.21. The largest absolute Gasteiger partial charge is 0.498 e. The third-order valence-corrected chi connectivity index (χ3v) is 9.58. The zero-order valence-corrected chi connectivity index (χ0v) is 14.9. The Morgan fingerprint density at radius 1 is 1.06 bits per heavy atom. The van der Waals surface area contributed by atoms with E-state index in [1.54, 1.807) is 0 Å². The maximum absolute atomic E-state index is 5.92. The summed E-state index contributed by atoms with van der Waals surface area (Å²) in [5.74, 6) is 0. The van der Waals surface area contributed by atoms with Gasteiger partial charge in [-0.05, 0) is 12.8 Å². The van der Waals surface area contributed by atoms with Crippen molar-refractivity contribution in [3.8, 4) is 0 Å². The molecule has 0 N–H and O–H groups in total. The van der Waals surface area contributed by atoms with Gasteiger partial charge in [-0.15, -0.1) is 0 Å². The molecule has 0 saturated carbocycles. The van der Waals surface area contributed by atoms with E-state index in [0.29, 0.717) is 6.10 Å². The molecule has 1 unspecified atom stereocenters. The van der Waals surface area contributed by atoms with Gasteiger partial charge in [-0.2, -0.15) is 0 Å². The lowest BCUT2D eigenvalue weighted by molar-refractivity contribution is 0.166. The van der Waals surface area contributed by atoms with E-state index in [-0.39, 0.29) is 8.80 Å². The van der Waals surface area contributed by atoms with E-state index < -0.39 is 14.5 Å². The minimum absolute atomic E-state index is 0.137. The summed E-state index contributed by atoms with van der Waals surface area (Å²) < 4.78 is 5.92. The molecular weight excluding hydrogens is 239 g/mol. The molecule has 0 amide bonds. The van der Waals surface area contributed by atoms with Crippen LogP contribution >= 0.6 is 0 Å². The van der Waals surface area contributed by atoms with Gasteiger partial charge in [0.05, 0.1) is 0 Å². The van der Waals surface area contributed by atoms with Gasteiger partial charge < -0.3 is 3.79 Å². The normalized spacial score (nSPS) is 20.1. The monoisotopic (exact) mass is 271 g/mol. The van der Waals surface area contributed by atoms with E-state index in [0.717, 1.165) is 0 Å². The van der Waals surface area contributed by atoms with Crippen molar-refractivity contribution in [3.63, 3.8) is 0 Å². The van der Waals surface area contributed by atoms with E-state index >= 15 is 0 Å². The topological polar surface area (TPSA) is 9.23 Å². The van der Waals surface area contributed by atoms with Crippen LogP contribution < -0.4 is 0 Å². The predicted molar refractivity (Wildman–Crippen MR) is 82.6 cm³/mol. The van der Waals surface area contributed by atoms with Gasteiger partial charge in [0.25, 0.3) is 0 Å². The molecule has 101 valence electrons. The molecule has 1 radical (unpaired) electrons. The SMILES string of the molecule is CCC1CC[CH2][Al]([CH2]C)[O]1.CC[Si](CC)CC. The number of hydrogen-bond acceptors (Lipinski definition) is 1. The Hall–Kier alpha value is 0.709. The van der Waals surface area contributed by atoms with Crippen molar-refractivity contribution < 1.29 is 3.79 Å². The summed E-state index contributed by atoms with van der Waals surface area (Å²) in [7, 11) is 0.137. The highest BCUT2D eigenvalue weighted by Gasteiger charge is 2.25. The molecule has 1 fully saturated rings. The van der Waals surface area contributed by atoms with Crippen molar-refractivity contribution >= 4 is 23.3 Å². The molecule has 0 aromatic rings. The smallest absolute Gasteiger partial charge is 0.460 e. The van der Waals surface area contributed by atoms with Crippen LogP contribution in [0.1, 0.15) is 53.9 Å². The molecule has 1 aliphatic rings. The van der Waals surface area contributed by atoms with Crippen molar-refractivity contribution in [1.82, 2.24) is 0 Å². The maximum Gasteiger partial charge on any atom is 0.460 e. The molecule has 1 atom stereocenters. The summed E-state index contributed by atoms with van der Waals surface area (Å²) in [4.78, 5) is 0. The second kappa shape index (κ2) is 11.8. The predicted octanol–water partition coefficient (Wildman–Crippen LogP) is 5.13. The van der Waals surface area contributed by atoms with Gasteiger partial charge in [-0.1, -0.05) is 69.7 Å². The molecule has 1 rings (SSSR count). The Morgan fingerprint density at radius 3 is 2.00 bits per heavy atom. The second-order valence-corrected chi connectivity index (χ2v) is 11.5. The summed E-state index contributed by atoms with van der Waals surface area (Å²) in [5, 5.41) is 2.75. The lowest BCUT2D eigenvalue weighted by atomic mass is 10.2. The van der Waals surface area contributed by atoms with Crippen LogP contribution in [0.3, 0.4) is 0 Å². The van der Waals surface area contributed by atoms with Gasteiger partial charge in [0.1, 0.15) is 0 Å². The van der Waals surface area contributed by atoms with E-state index in [9.17, 15) is 0 Å². The van der Waals surface area contributed by atoms with Crippen LogP contribution in [-0.4, -0.2) is 29.4 Å². The van der Waals surface area contributed by atoms with E-state index in [1.165, 1.54) is 48.0 Å². The molecule has 1 aliphatic heterocycles. The summed E-state index contributed by atoms with van der Waals surface area (Å²) in [6.45, 7) is 11.4. The molecule has 0 aromatic heterocycles. The molecule has 1 saturated heterocycles. The van der Waals surface area contributed by atoms with Crippen LogP contribution in [0.5, 0.6) is 0 Å². The van der Waals surface area contributed by atoms with Gasteiger partial charge >= 0.3 is 14.5 Å². The quantitative estimate of drug-likeness (QED) is 0.630. The molecule has 0 bridgehead atoms. The third kappa shape index (κ3) is 8.43. The third-order valence-electron chi connectivity index (χ3n) is 3.85. The van der Waals surface area contributed by atoms with Crippen molar-refractivity contribution in [3.05, 3.63) is 0 Å². The summed E-state index contributed by atoms with van der Waals surface area (Å²) in [6, 6.07) is 4.37. The lowest BCUT2D eigenvalue weighted by Gasteiger charge is -2.26. The highest BCUT2D eigenvalue weighted by Crippen LogP contribution is 2.21. The first-order valence-electron chi connectivity index (χ1n) is 7.70. The van der Waals surface area contributed by atoms with Crippen LogP contribution in [0.4, 0.5) is 0 Å². The minimum atomic E-state index is -0.681. The molecule has 3 heteroatoms. The van der Waals surface area contributed by atoms with Crippen molar-refractivity contribution in [2.45, 2.75) is 88.7 Å². The number of hydrogen-bond donors (Lipinski definition) is 0. The Kier molecular flexibility index (Phi) is 12.3. The molecule has 1 nitrogen and oxygen atoms in total. The Balaban J connectivity index is 0.000000325. The average Bonchev–Trinajstić information content (AvgIpc) is 2.41. The fourth-order valence-electron chi connectivity index (χ4n) is 2.33. The van der Waals surface area contributed by atoms with Gasteiger partial charge in [0.15, 0.2) is 0 Å². The molecule has 0 aromatic carbocycles. The molecule has 17 heavy (non-hydrogen) atoms. The Labute approximate surface area is 116 Å². The maximum atomic E-state index is 5.92. The van der Waals surface area contributed by atoms with Crippen molar-refractivity contribution in [1.29, 1.82) is 0 Å². The van der Waals surface area contributed by atoms with E-state index in [1.807, 2.05) is 0 Å². The second-order valence-electron chi connectivity index (χ2n) is 4.94. The van der Waals surface area contributed by atoms with Gasteiger partial charge in [-0.25, -0.2) is 0 Å². The van der Waals surface area contributed by atoms with Crippen LogP contribution in [0.2, 0.25) is 28.7 Å². The fourth-order valence-corrected chi connectivity index (χ4v) is 6.13. The first kappa shape index (κ1) is 17.7. The van der Waals surface area contributed by atoms with Gasteiger partial charge in [0, 0.05) is 14.9 Å². The van der Waals surface area contributed by atoms with Crippen LogP contribution in [0, 0.1) is 0 Å². The van der Waals surface area contributed by atoms with Gasteiger partial charge in [0.2, 0.25) is 0 Å². The summed E-state index contributed by atoms with van der Waals surface area (Å²) >= 11 is -0.681. The highest BCUT2D eigenvalue weighted by atomic mass is 28.3. The Bertz CT molecular complexity index is 147. The molecule has 0 spiro atoms. The van der Waals surface area contributed by atoms with E-state index in [2.05, 4.69) is 34.6 Å². The van der Waals surface area contributed by atoms with Crippen LogP contribution in [0.15, 0.2) is 0 Å². The standard InChI is InChI=1S/C6H12O.C6H15Si.C2H5.Al/c1-3-5-6(7)4-2;1-4-7(5-2)6-3;1-2;/h6H,1,3-5H2,2H3;4-6H2,1-3H3;1H2,2H3;/q-1;;;+1. The average molecular weight is 271 g/mol. The number of rotatable bonds is 5. The fraction of sp³-hybridized carbons (Fsp3) is 1.00. The highest BCUT2D eigenvalue weighted by molar-refractivity contribution is 6.58. The van der Waals surface area contributed by atoms with Crippen molar-refractivity contribution in [2.24, 2.45) is 0 Å². The molecular formula is C14H32AlOSi.